The van der Waals surface area contributed by atoms with Crippen molar-refractivity contribution in [2.45, 2.75) is 38.1 Å². The first-order valence-electron chi connectivity index (χ1n) is 7.84. The molecule has 1 aromatic heterocycles. The first-order chi connectivity index (χ1) is 11.5. The third-order valence-corrected chi connectivity index (χ3v) is 4.36. The van der Waals surface area contributed by atoms with Gasteiger partial charge >= 0.3 is 11.9 Å². The fourth-order valence-corrected chi connectivity index (χ4v) is 3.39. The molecule has 0 saturated heterocycles. The number of carboxylic acids is 2. The molecule has 7 heteroatoms. The van der Waals surface area contributed by atoms with E-state index in [1.807, 2.05) is 12.1 Å². The molecule has 0 fully saturated rings. The van der Waals surface area contributed by atoms with Crippen LogP contribution in [0.5, 0.6) is 0 Å². The van der Waals surface area contributed by atoms with Gasteiger partial charge < -0.3 is 15.9 Å². The molecule has 126 valence electrons. The maximum atomic E-state index is 11.2. The second kappa shape index (κ2) is 6.35. The summed E-state index contributed by atoms with van der Waals surface area (Å²) in [5.41, 5.74) is 9.54. The minimum atomic E-state index is -0.968. The van der Waals surface area contributed by atoms with E-state index in [2.05, 4.69) is 5.10 Å². The fraction of sp³-hybridized carbons (Fsp3) is 0.353. The molecule has 1 heterocycles. The van der Waals surface area contributed by atoms with Crippen LogP contribution in [-0.4, -0.2) is 31.9 Å². The number of fused-ring (bicyclic) bond motifs is 1. The maximum Gasteiger partial charge on any atom is 0.325 e. The molecule has 0 aliphatic heterocycles. The quantitative estimate of drug-likeness (QED) is 0.723. The summed E-state index contributed by atoms with van der Waals surface area (Å²) in [4.78, 5) is 22.3. The molecule has 0 amide bonds. The second-order valence-corrected chi connectivity index (χ2v) is 6.07. The Bertz CT molecular complexity index is 780. The van der Waals surface area contributed by atoms with Crippen molar-refractivity contribution in [2.24, 2.45) is 0 Å². The smallest absolute Gasteiger partial charge is 0.325 e. The molecule has 7 nitrogen and oxygen atoms in total. The number of anilines is 1. The SMILES string of the molecule is Nc1ccc(-c2nn(CC(=O)O)c3c2C(CC(=O)O)CCC3)cc1. The molecule has 2 aromatic rings. The number of benzene rings is 1. The molecule has 1 atom stereocenters. The number of carboxylic acid groups (broad SMARTS) is 2. The molecular formula is C17H19N3O4. The Labute approximate surface area is 138 Å². The minimum absolute atomic E-state index is 0.0216. The number of nitrogens with zero attached hydrogens (tertiary/aromatic N) is 2. The predicted octanol–water partition coefficient (Wildman–Crippen LogP) is 2.11. The molecule has 4 N–H and O–H groups in total. The average Bonchev–Trinajstić information content (AvgIpc) is 2.87. The van der Waals surface area contributed by atoms with Crippen molar-refractivity contribution in [1.82, 2.24) is 9.78 Å². The largest absolute Gasteiger partial charge is 0.481 e. The normalized spacial score (nSPS) is 16.6. The highest BCUT2D eigenvalue weighted by Crippen LogP contribution is 2.40. The Morgan fingerprint density at radius 3 is 2.54 bits per heavy atom. The average molecular weight is 329 g/mol. The Hall–Kier alpha value is -2.83. The summed E-state index contributed by atoms with van der Waals surface area (Å²) >= 11 is 0. The van der Waals surface area contributed by atoms with E-state index in [-0.39, 0.29) is 18.9 Å². The molecule has 24 heavy (non-hydrogen) atoms. The van der Waals surface area contributed by atoms with E-state index in [0.717, 1.165) is 29.7 Å². The Morgan fingerprint density at radius 1 is 1.21 bits per heavy atom. The van der Waals surface area contributed by atoms with E-state index >= 15 is 0 Å². The molecule has 1 aliphatic carbocycles. The van der Waals surface area contributed by atoms with Crippen molar-refractivity contribution < 1.29 is 19.8 Å². The van der Waals surface area contributed by atoms with Crippen LogP contribution in [0.2, 0.25) is 0 Å². The van der Waals surface area contributed by atoms with Crippen molar-refractivity contribution in [3.63, 3.8) is 0 Å². The molecule has 1 aromatic carbocycles. The van der Waals surface area contributed by atoms with Gasteiger partial charge in [-0.05, 0) is 37.3 Å². The van der Waals surface area contributed by atoms with Crippen molar-refractivity contribution in [3.8, 4) is 11.3 Å². The summed E-state index contributed by atoms with van der Waals surface area (Å²) in [6, 6.07) is 7.17. The zero-order valence-electron chi connectivity index (χ0n) is 13.1. The highest BCUT2D eigenvalue weighted by Gasteiger charge is 2.31. The first-order valence-corrected chi connectivity index (χ1v) is 7.84. The van der Waals surface area contributed by atoms with Gasteiger partial charge in [-0.3, -0.25) is 14.3 Å². The number of nitrogen functional groups attached to an aromatic ring is 1. The molecule has 0 saturated carbocycles. The summed E-state index contributed by atoms with van der Waals surface area (Å²) in [6.07, 6.45) is 2.33. The van der Waals surface area contributed by atoms with Crippen LogP contribution in [-0.2, 0) is 22.6 Å². The van der Waals surface area contributed by atoms with Gasteiger partial charge in [0, 0.05) is 22.5 Å². The highest BCUT2D eigenvalue weighted by atomic mass is 16.4. The third-order valence-electron chi connectivity index (χ3n) is 4.36. The van der Waals surface area contributed by atoms with Gasteiger partial charge in [0.05, 0.1) is 12.1 Å². The van der Waals surface area contributed by atoms with Crippen molar-refractivity contribution >= 4 is 17.6 Å². The second-order valence-electron chi connectivity index (χ2n) is 6.07. The fourth-order valence-electron chi connectivity index (χ4n) is 3.39. The maximum absolute atomic E-state index is 11.2. The van der Waals surface area contributed by atoms with Crippen molar-refractivity contribution in [2.75, 3.05) is 5.73 Å². The van der Waals surface area contributed by atoms with Crippen LogP contribution in [0.15, 0.2) is 24.3 Å². The van der Waals surface area contributed by atoms with Gasteiger partial charge in [-0.25, -0.2) is 0 Å². The predicted molar refractivity (Wildman–Crippen MR) is 87.6 cm³/mol. The number of rotatable bonds is 5. The van der Waals surface area contributed by atoms with Crippen LogP contribution in [0, 0.1) is 0 Å². The van der Waals surface area contributed by atoms with Crippen molar-refractivity contribution in [3.05, 3.63) is 35.5 Å². The molecule has 1 unspecified atom stereocenters. The standard InChI is InChI=1S/C17H19N3O4/c18-12-6-4-10(5-7-12)17-16-11(8-14(21)22)2-1-3-13(16)20(19-17)9-15(23)24/h4-7,11H,1-3,8-9,18H2,(H,21,22)(H,23,24). The van der Waals surface area contributed by atoms with E-state index in [9.17, 15) is 14.7 Å². The number of nitrogens with two attached hydrogens (primary N) is 1. The van der Waals surface area contributed by atoms with Gasteiger partial charge in [-0.15, -0.1) is 0 Å². The zero-order valence-corrected chi connectivity index (χ0v) is 13.1. The van der Waals surface area contributed by atoms with E-state index in [1.54, 1.807) is 12.1 Å². The molecule has 0 spiro atoms. The number of hydrogen-bond donors (Lipinski definition) is 3. The van der Waals surface area contributed by atoms with E-state index < -0.39 is 11.9 Å². The van der Waals surface area contributed by atoms with Crippen LogP contribution in [0.25, 0.3) is 11.3 Å². The van der Waals surface area contributed by atoms with E-state index in [4.69, 9.17) is 10.8 Å². The highest BCUT2D eigenvalue weighted by molar-refractivity contribution is 5.72. The van der Waals surface area contributed by atoms with Crippen LogP contribution in [0.4, 0.5) is 5.69 Å². The summed E-state index contributed by atoms with van der Waals surface area (Å²) in [7, 11) is 0. The lowest BCUT2D eigenvalue weighted by Crippen LogP contribution is -2.18. The van der Waals surface area contributed by atoms with Gasteiger partial charge in [0.1, 0.15) is 6.54 Å². The lowest BCUT2D eigenvalue weighted by molar-refractivity contribution is -0.138. The molecule has 0 radical (unpaired) electrons. The minimum Gasteiger partial charge on any atom is -0.481 e. The summed E-state index contributed by atoms with van der Waals surface area (Å²) < 4.78 is 1.50. The van der Waals surface area contributed by atoms with Crippen LogP contribution in [0.1, 0.15) is 36.4 Å². The number of hydrogen-bond acceptors (Lipinski definition) is 4. The van der Waals surface area contributed by atoms with Crippen LogP contribution in [0.3, 0.4) is 0 Å². The Morgan fingerprint density at radius 2 is 1.92 bits per heavy atom. The monoisotopic (exact) mass is 329 g/mol. The van der Waals surface area contributed by atoms with E-state index in [1.165, 1.54) is 4.68 Å². The molecular weight excluding hydrogens is 310 g/mol. The lowest BCUT2D eigenvalue weighted by atomic mass is 9.82. The molecule has 1 aliphatic rings. The first kappa shape index (κ1) is 16.0. The topological polar surface area (TPSA) is 118 Å². The van der Waals surface area contributed by atoms with Crippen LogP contribution >= 0.6 is 0 Å². The summed E-state index contributed by atoms with van der Waals surface area (Å²) in [6.45, 7) is -0.225. The summed E-state index contributed by atoms with van der Waals surface area (Å²) in [5, 5.41) is 22.8. The molecule has 3 rings (SSSR count). The lowest BCUT2D eigenvalue weighted by Gasteiger charge is -2.22. The van der Waals surface area contributed by atoms with Gasteiger partial charge in [0.2, 0.25) is 0 Å². The van der Waals surface area contributed by atoms with Crippen LogP contribution < -0.4 is 5.73 Å². The van der Waals surface area contributed by atoms with E-state index in [0.29, 0.717) is 17.8 Å². The van der Waals surface area contributed by atoms with Gasteiger partial charge in [0.15, 0.2) is 0 Å². The van der Waals surface area contributed by atoms with Gasteiger partial charge in [-0.1, -0.05) is 12.1 Å². The number of aromatic nitrogens is 2. The number of carbonyl (C=O) groups is 2. The molecule has 0 bridgehead atoms. The summed E-state index contributed by atoms with van der Waals surface area (Å²) in [5.74, 6) is -1.98. The van der Waals surface area contributed by atoms with Gasteiger partial charge in [-0.2, -0.15) is 5.10 Å². The van der Waals surface area contributed by atoms with Crippen molar-refractivity contribution in [1.29, 1.82) is 0 Å². The third kappa shape index (κ3) is 3.10. The Balaban J connectivity index is 2.13. The zero-order chi connectivity index (χ0) is 17.3. The van der Waals surface area contributed by atoms with Gasteiger partial charge in [0.25, 0.3) is 0 Å². The number of aliphatic carboxylic acids is 2. The Kier molecular flexibility index (Phi) is 4.24.